The lowest BCUT2D eigenvalue weighted by Gasteiger charge is -2.19. The smallest absolute Gasteiger partial charge is 0.240 e. The molecule has 1 aliphatic rings. The number of nitrogens with two attached hydrogens (primary N) is 1. The molecule has 0 aromatic heterocycles. The monoisotopic (exact) mass is 155 g/mol. The molecule has 61 valence electrons. The summed E-state index contributed by atoms with van der Waals surface area (Å²) in [5, 5.41) is 0. The third kappa shape index (κ3) is 1.50. The lowest BCUT2D eigenvalue weighted by molar-refractivity contribution is -0.134. The minimum Gasteiger partial charge on any atom is -0.368 e. The maximum Gasteiger partial charge on any atom is 0.240 e. The van der Waals surface area contributed by atoms with Crippen molar-refractivity contribution in [2.75, 3.05) is 6.54 Å². The van der Waals surface area contributed by atoms with Crippen LogP contribution in [0.3, 0.4) is 0 Å². The minimum atomic E-state index is -0.479. The van der Waals surface area contributed by atoms with Crippen LogP contribution in [0.25, 0.3) is 0 Å². The zero-order valence-electron chi connectivity index (χ0n) is 6.41. The number of hydrogen-bond donors (Lipinski definition) is 1. The van der Waals surface area contributed by atoms with Gasteiger partial charge in [0.15, 0.2) is 0 Å². The highest BCUT2D eigenvalue weighted by Crippen LogP contribution is 2.15. The number of primary amides is 1. The van der Waals surface area contributed by atoms with Gasteiger partial charge in [-0.15, -0.1) is 0 Å². The fourth-order valence-electron chi connectivity index (χ4n) is 1.26. The van der Waals surface area contributed by atoms with Gasteiger partial charge in [0.25, 0.3) is 0 Å². The molecule has 1 saturated heterocycles. The minimum absolute atomic E-state index is 0.0949. The number of carbonyl (C=O) groups is 2. The van der Waals surface area contributed by atoms with Crippen LogP contribution in [0.5, 0.6) is 0 Å². The molecular weight excluding hydrogens is 144 g/mol. The maximum absolute atomic E-state index is 10.9. The third-order valence-corrected chi connectivity index (χ3v) is 1.79. The molecule has 1 fully saturated rings. The van der Waals surface area contributed by atoms with E-state index in [-0.39, 0.29) is 5.91 Å². The Kier molecular flexibility index (Phi) is 2.12. The van der Waals surface area contributed by atoms with Crippen molar-refractivity contribution < 1.29 is 9.59 Å². The summed E-state index contributed by atoms with van der Waals surface area (Å²) in [6.45, 7) is 2.05. The maximum atomic E-state index is 10.9. The Hall–Kier alpha value is -1.06. The van der Waals surface area contributed by atoms with Crippen molar-refractivity contribution in [3.8, 4) is 0 Å². The van der Waals surface area contributed by atoms with Gasteiger partial charge in [0.05, 0.1) is 0 Å². The molecule has 1 atom stereocenters. The standard InChI is InChI=1S/C7H11N2O2/c1-5(10)9-4-2-3-6(9)7(8)11/h3,6H,2,4H2,1H3,(H2,8,11)/t6-/m1/s1. The third-order valence-electron chi connectivity index (χ3n) is 1.79. The van der Waals surface area contributed by atoms with E-state index in [1.807, 2.05) is 0 Å². The van der Waals surface area contributed by atoms with E-state index in [0.29, 0.717) is 6.54 Å². The average Bonchev–Trinajstić information content (AvgIpc) is 2.32. The zero-order valence-corrected chi connectivity index (χ0v) is 6.41. The Morgan fingerprint density at radius 1 is 1.64 bits per heavy atom. The molecule has 0 aromatic carbocycles. The fourth-order valence-corrected chi connectivity index (χ4v) is 1.26. The SMILES string of the molecule is CC(=O)N1CC[CH][C@@H]1C(N)=O. The van der Waals surface area contributed by atoms with Crippen molar-refractivity contribution >= 4 is 11.8 Å². The van der Waals surface area contributed by atoms with Crippen LogP contribution in [-0.4, -0.2) is 29.3 Å². The second kappa shape index (κ2) is 2.90. The van der Waals surface area contributed by atoms with Crippen LogP contribution in [0.1, 0.15) is 13.3 Å². The van der Waals surface area contributed by atoms with E-state index in [2.05, 4.69) is 0 Å². The first-order valence-electron chi connectivity index (χ1n) is 3.53. The molecule has 1 heterocycles. The van der Waals surface area contributed by atoms with Gasteiger partial charge in [-0.25, -0.2) is 0 Å². The Labute approximate surface area is 65.3 Å². The second-order valence-electron chi connectivity index (χ2n) is 2.58. The van der Waals surface area contributed by atoms with E-state index in [4.69, 9.17) is 5.73 Å². The number of rotatable bonds is 1. The second-order valence-corrected chi connectivity index (χ2v) is 2.58. The van der Waals surface area contributed by atoms with Crippen LogP contribution in [0.2, 0.25) is 0 Å². The highest BCUT2D eigenvalue weighted by Gasteiger charge is 2.30. The van der Waals surface area contributed by atoms with Crippen LogP contribution in [0.4, 0.5) is 0 Å². The molecule has 1 radical (unpaired) electrons. The average molecular weight is 155 g/mol. The molecule has 11 heavy (non-hydrogen) atoms. The summed E-state index contributed by atoms with van der Waals surface area (Å²) < 4.78 is 0. The molecule has 4 nitrogen and oxygen atoms in total. The molecular formula is C7H11N2O2. The Morgan fingerprint density at radius 3 is 2.64 bits per heavy atom. The van der Waals surface area contributed by atoms with E-state index >= 15 is 0 Å². The number of amides is 2. The summed E-state index contributed by atoms with van der Waals surface area (Å²) in [6.07, 6.45) is 2.52. The molecule has 1 rings (SSSR count). The Morgan fingerprint density at radius 2 is 2.27 bits per heavy atom. The van der Waals surface area contributed by atoms with Crippen molar-refractivity contribution in [3.05, 3.63) is 6.42 Å². The molecule has 0 saturated carbocycles. The van der Waals surface area contributed by atoms with Gasteiger partial charge in [-0.1, -0.05) is 0 Å². The van der Waals surface area contributed by atoms with Crippen molar-refractivity contribution in [1.29, 1.82) is 0 Å². The van der Waals surface area contributed by atoms with Crippen LogP contribution in [-0.2, 0) is 9.59 Å². The highest BCUT2D eigenvalue weighted by atomic mass is 16.2. The van der Waals surface area contributed by atoms with Crippen LogP contribution < -0.4 is 5.73 Å². The van der Waals surface area contributed by atoms with Gasteiger partial charge in [-0.2, -0.15) is 0 Å². The van der Waals surface area contributed by atoms with E-state index < -0.39 is 11.9 Å². The molecule has 0 spiro atoms. The fraction of sp³-hybridized carbons (Fsp3) is 0.571. The molecule has 2 N–H and O–H groups in total. The molecule has 2 amide bonds. The topological polar surface area (TPSA) is 63.4 Å². The first-order valence-corrected chi connectivity index (χ1v) is 3.53. The normalized spacial score (nSPS) is 23.7. The summed E-state index contributed by atoms with van der Waals surface area (Å²) >= 11 is 0. The molecule has 0 bridgehead atoms. The van der Waals surface area contributed by atoms with Gasteiger partial charge in [0.1, 0.15) is 6.04 Å². The number of nitrogens with zero attached hydrogens (tertiary/aromatic N) is 1. The van der Waals surface area contributed by atoms with E-state index in [0.717, 1.165) is 6.42 Å². The highest BCUT2D eigenvalue weighted by molar-refractivity contribution is 5.87. The van der Waals surface area contributed by atoms with E-state index in [1.165, 1.54) is 11.8 Å². The summed E-state index contributed by atoms with van der Waals surface area (Å²) in [5.41, 5.74) is 5.06. The van der Waals surface area contributed by atoms with Gasteiger partial charge in [-0.05, 0) is 12.8 Å². The van der Waals surface area contributed by atoms with Crippen molar-refractivity contribution in [3.63, 3.8) is 0 Å². The molecule has 0 aromatic rings. The summed E-state index contributed by atoms with van der Waals surface area (Å²) in [5.74, 6) is -0.541. The number of carbonyl (C=O) groups excluding carboxylic acids is 2. The van der Waals surface area contributed by atoms with E-state index in [1.54, 1.807) is 6.42 Å². The van der Waals surface area contributed by atoms with Gasteiger partial charge in [-0.3, -0.25) is 9.59 Å². The number of hydrogen-bond acceptors (Lipinski definition) is 2. The van der Waals surface area contributed by atoms with Crippen LogP contribution in [0.15, 0.2) is 0 Å². The molecule has 0 aliphatic carbocycles. The first-order chi connectivity index (χ1) is 5.13. The largest absolute Gasteiger partial charge is 0.368 e. The van der Waals surface area contributed by atoms with E-state index in [9.17, 15) is 9.59 Å². The molecule has 0 unspecified atom stereocenters. The predicted molar refractivity (Wildman–Crippen MR) is 39.3 cm³/mol. The first kappa shape index (κ1) is 8.04. The number of likely N-dealkylation sites (tertiary alicyclic amines) is 1. The van der Waals surface area contributed by atoms with Crippen molar-refractivity contribution in [2.45, 2.75) is 19.4 Å². The van der Waals surface area contributed by atoms with Crippen molar-refractivity contribution in [1.82, 2.24) is 4.90 Å². The quantitative estimate of drug-likeness (QED) is 0.544. The van der Waals surface area contributed by atoms with Crippen LogP contribution >= 0.6 is 0 Å². The zero-order chi connectivity index (χ0) is 8.43. The summed E-state index contributed by atoms with van der Waals surface area (Å²) in [4.78, 5) is 23.0. The van der Waals surface area contributed by atoms with Gasteiger partial charge in [0.2, 0.25) is 11.8 Å². The predicted octanol–water partition coefficient (Wildman–Crippen LogP) is -0.703. The Bertz CT molecular complexity index is 171. The van der Waals surface area contributed by atoms with Gasteiger partial charge in [0, 0.05) is 13.5 Å². The lowest BCUT2D eigenvalue weighted by Crippen LogP contribution is -2.42. The summed E-state index contributed by atoms with van der Waals surface area (Å²) in [7, 11) is 0. The lowest BCUT2D eigenvalue weighted by atomic mass is 10.2. The van der Waals surface area contributed by atoms with Crippen LogP contribution in [0, 0.1) is 6.42 Å². The van der Waals surface area contributed by atoms with Crippen molar-refractivity contribution in [2.24, 2.45) is 5.73 Å². The molecule has 1 aliphatic heterocycles. The molecule has 4 heteroatoms. The summed E-state index contributed by atoms with van der Waals surface area (Å²) in [6, 6.07) is -0.479. The van der Waals surface area contributed by atoms with Gasteiger partial charge >= 0.3 is 0 Å². The Balaban J connectivity index is 2.65. The van der Waals surface area contributed by atoms with Gasteiger partial charge < -0.3 is 10.6 Å².